The van der Waals surface area contributed by atoms with Crippen LogP contribution in [0.25, 0.3) is 0 Å². The van der Waals surface area contributed by atoms with Gasteiger partial charge in [0.25, 0.3) is 0 Å². The highest BCUT2D eigenvalue weighted by Crippen LogP contribution is 2.21. The van der Waals surface area contributed by atoms with E-state index >= 15 is 0 Å². The van der Waals surface area contributed by atoms with Crippen LogP contribution in [0.4, 0.5) is 22.7 Å². The molecule has 0 amide bonds. The van der Waals surface area contributed by atoms with E-state index in [4.69, 9.17) is 0 Å². The molecule has 33 heavy (non-hydrogen) atoms. The monoisotopic (exact) mass is 448 g/mol. The van der Waals surface area contributed by atoms with Gasteiger partial charge in [-0.05, 0) is 80.1 Å². The molecule has 4 aromatic rings. The number of rotatable bonds is 7. The molecule has 162 valence electrons. The predicted molar refractivity (Wildman–Crippen MR) is 144 cm³/mol. The van der Waals surface area contributed by atoms with Gasteiger partial charge in [0, 0.05) is 34.6 Å². The first kappa shape index (κ1) is 22.2. The highest BCUT2D eigenvalue weighted by molar-refractivity contribution is 7.15. The van der Waals surface area contributed by atoms with Crippen LogP contribution >= 0.6 is 11.3 Å². The molecule has 1 heterocycles. The Labute approximate surface area is 198 Å². The Kier molecular flexibility index (Phi) is 7.46. The molecule has 0 spiro atoms. The average molecular weight is 449 g/mol. The van der Waals surface area contributed by atoms with Crippen molar-refractivity contribution in [3.05, 3.63) is 106 Å². The number of aryl methyl sites for hydroxylation is 1. The molecule has 0 unspecified atom stereocenters. The summed E-state index contributed by atoms with van der Waals surface area (Å²) in [7, 11) is 0. The lowest BCUT2D eigenvalue weighted by Crippen LogP contribution is -1.80. The third-order valence-corrected chi connectivity index (χ3v) is 5.70. The Bertz CT molecular complexity index is 1290. The average Bonchev–Trinajstić information content (AvgIpc) is 3.31. The first-order valence-corrected chi connectivity index (χ1v) is 11.5. The minimum Gasteiger partial charge on any atom is -0.262 e. The van der Waals surface area contributed by atoms with E-state index in [1.165, 1.54) is 5.56 Å². The van der Waals surface area contributed by atoms with Crippen molar-refractivity contribution in [3.63, 3.8) is 0 Å². The first-order chi connectivity index (χ1) is 16.2. The third-order valence-electron chi connectivity index (χ3n) is 4.75. The molecule has 0 atom stereocenters. The van der Waals surface area contributed by atoms with E-state index < -0.39 is 0 Å². The Balaban J connectivity index is 1.35. The van der Waals surface area contributed by atoms with Gasteiger partial charge in [0.05, 0.1) is 22.7 Å². The number of nitrogens with zero attached hydrogens (tertiary/aromatic N) is 4. The van der Waals surface area contributed by atoms with Gasteiger partial charge in [0.1, 0.15) is 0 Å². The lowest BCUT2D eigenvalue weighted by atomic mass is 10.2. The van der Waals surface area contributed by atoms with Gasteiger partial charge in [-0.3, -0.25) is 20.0 Å². The van der Waals surface area contributed by atoms with Gasteiger partial charge in [0.15, 0.2) is 0 Å². The van der Waals surface area contributed by atoms with Crippen molar-refractivity contribution in [3.8, 4) is 0 Å². The third kappa shape index (κ3) is 6.76. The topological polar surface area (TPSA) is 49.4 Å². The summed E-state index contributed by atoms with van der Waals surface area (Å²) in [6.45, 7) is 3.98. The zero-order valence-corrected chi connectivity index (χ0v) is 19.4. The molecule has 0 aliphatic carbocycles. The van der Waals surface area contributed by atoms with Crippen LogP contribution in [0.5, 0.6) is 0 Å². The summed E-state index contributed by atoms with van der Waals surface area (Å²) in [6.07, 6.45) is 7.41. The van der Waals surface area contributed by atoms with Crippen molar-refractivity contribution >= 4 is 58.9 Å². The quantitative estimate of drug-likeness (QED) is 0.257. The van der Waals surface area contributed by atoms with Crippen LogP contribution in [0.1, 0.15) is 27.8 Å². The molecule has 0 saturated carbocycles. The van der Waals surface area contributed by atoms with Crippen molar-refractivity contribution < 1.29 is 0 Å². The molecule has 1 aromatic heterocycles. The van der Waals surface area contributed by atoms with E-state index in [2.05, 4.69) is 57.2 Å². The van der Waals surface area contributed by atoms with Crippen LogP contribution in [0, 0.1) is 6.92 Å². The summed E-state index contributed by atoms with van der Waals surface area (Å²) >= 11 is 1.65. The second-order valence-corrected chi connectivity index (χ2v) is 8.49. The zero-order valence-electron chi connectivity index (χ0n) is 18.6. The fourth-order valence-corrected chi connectivity index (χ4v) is 3.74. The van der Waals surface area contributed by atoms with E-state index in [1.54, 1.807) is 17.6 Å². The molecular formula is C28H24N4S. The Morgan fingerprint density at radius 3 is 1.39 bits per heavy atom. The van der Waals surface area contributed by atoms with Crippen LogP contribution in [0.3, 0.4) is 0 Å². The predicted octanol–water partition coefficient (Wildman–Crippen LogP) is 8.03. The van der Waals surface area contributed by atoms with Crippen molar-refractivity contribution in [1.29, 1.82) is 0 Å². The number of benzene rings is 3. The molecule has 0 aliphatic heterocycles. The molecule has 0 aliphatic rings. The summed E-state index contributed by atoms with van der Waals surface area (Å²) in [6, 6.07) is 28.1. The fourth-order valence-electron chi connectivity index (χ4n) is 2.98. The number of aliphatic imine (C=N–C) groups is 4. The second-order valence-electron chi connectivity index (χ2n) is 7.35. The SMILES string of the molecule is CC=Nc1ccc(N=Cc2ccc(C=Nc3ccc(N=Cc4ccc(C)cc4)cc3)s2)cc1. The summed E-state index contributed by atoms with van der Waals surface area (Å²) in [5.74, 6) is 0. The normalized spacial score (nSPS) is 12.1. The summed E-state index contributed by atoms with van der Waals surface area (Å²) in [4.78, 5) is 20.0. The molecule has 3 aromatic carbocycles. The van der Waals surface area contributed by atoms with Crippen LogP contribution in [0.2, 0.25) is 0 Å². The maximum atomic E-state index is 4.58. The van der Waals surface area contributed by atoms with Crippen molar-refractivity contribution in [2.24, 2.45) is 20.0 Å². The van der Waals surface area contributed by atoms with Crippen LogP contribution < -0.4 is 0 Å². The van der Waals surface area contributed by atoms with Gasteiger partial charge in [-0.1, -0.05) is 29.8 Å². The number of thiophene rings is 1. The number of hydrogen-bond acceptors (Lipinski definition) is 5. The summed E-state index contributed by atoms with van der Waals surface area (Å²) in [5, 5.41) is 0. The highest BCUT2D eigenvalue weighted by Gasteiger charge is 1.97. The van der Waals surface area contributed by atoms with Gasteiger partial charge in [-0.2, -0.15) is 0 Å². The summed E-state index contributed by atoms with van der Waals surface area (Å²) < 4.78 is 0. The van der Waals surface area contributed by atoms with E-state index in [0.29, 0.717) is 0 Å². The number of hydrogen-bond donors (Lipinski definition) is 0. The van der Waals surface area contributed by atoms with E-state index in [-0.39, 0.29) is 0 Å². The molecule has 4 nitrogen and oxygen atoms in total. The lowest BCUT2D eigenvalue weighted by Gasteiger charge is -1.97. The van der Waals surface area contributed by atoms with Crippen molar-refractivity contribution in [2.45, 2.75) is 13.8 Å². The minimum atomic E-state index is 0.891. The molecule has 5 heteroatoms. The van der Waals surface area contributed by atoms with E-state index in [0.717, 1.165) is 38.1 Å². The lowest BCUT2D eigenvalue weighted by molar-refractivity contribution is 1.45. The summed E-state index contributed by atoms with van der Waals surface area (Å²) in [5.41, 5.74) is 5.95. The minimum absolute atomic E-state index is 0.891. The Hall–Kier alpha value is -3.96. The van der Waals surface area contributed by atoms with Gasteiger partial charge >= 0.3 is 0 Å². The first-order valence-electron chi connectivity index (χ1n) is 10.7. The second kappa shape index (κ2) is 11.1. The Morgan fingerprint density at radius 1 is 0.515 bits per heavy atom. The van der Waals surface area contributed by atoms with Crippen LogP contribution in [-0.4, -0.2) is 24.9 Å². The van der Waals surface area contributed by atoms with E-state index in [1.807, 2.05) is 80.2 Å². The molecular weight excluding hydrogens is 424 g/mol. The van der Waals surface area contributed by atoms with Gasteiger partial charge < -0.3 is 0 Å². The molecule has 0 bridgehead atoms. The fraction of sp³-hybridized carbons (Fsp3) is 0.0714. The van der Waals surface area contributed by atoms with Crippen LogP contribution in [0.15, 0.2) is 105 Å². The zero-order chi connectivity index (χ0) is 22.9. The molecule has 0 radical (unpaired) electrons. The molecule has 0 N–H and O–H groups in total. The molecule has 0 saturated heterocycles. The highest BCUT2D eigenvalue weighted by atomic mass is 32.1. The standard InChI is InChI=1S/C28H24N4S/c1-3-29-23-8-10-25(11-9-23)31-19-27-16-17-28(33-27)20-32-26-14-12-24(13-15-26)30-18-22-6-4-21(2)5-7-22/h3-20H,1-2H3. The van der Waals surface area contributed by atoms with Crippen molar-refractivity contribution in [2.75, 3.05) is 0 Å². The van der Waals surface area contributed by atoms with Crippen LogP contribution in [-0.2, 0) is 0 Å². The molecule has 4 rings (SSSR count). The van der Waals surface area contributed by atoms with Gasteiger partial charge in [-0.15, -0.1) is 11.3 Å². The largest absolute Gasteiger partial charge is 0.262 e. The smallest absolute Gasteiger partial charge is 0.0631 e. The maximum Gasteiger partial charge on any atom is 0.0631 e. The van der Waals surface area contributed by atoms with Crippen molar-refractivity contribution in [1.82, 2.24) is 0 Å². The maximum absolute atomic E-state index is 4.58. The van der Waals surface area contributed by atoms with Gasteiger partial charge in [0.2, 0.25) is 0 Å². The molecule has 0 fully saturated rings. The Morgan fingerprint density at radius 2 is 0.939 bits per heavy atom. The van der Waals surface area contributed by atoms with E-state index in [9.17, 15) is 0 Å². The van der Waals surface area contributed by atoms with Gasteiger partial charge in [-0.25, -0.2) is 0 Å².